The molecule has 2 aromatic rings. The van der Waals surface area contributed by atoms with E-state index in [1.807, 2.05) is 40.7 Å². The number of nitrogens with one attached hydrogen (secondary N) is 1. The Kier molecular flexibility index (Phi) is 7.75. The third kappa shape index (κ3) is 6.01. The van der Waals surface area contributed by atoms with Gasteiger partial charge in [0.15, 0.2) is 0 Å². The van der Waals surface area contributed by atoms with Crippen LogP contribution >= 0.6 is 0 Å². The Morgan fingerprint density at radius 3 is 2.62 bits per heavy atom. The number of amides is 1. The van der Waals surface area contributed by atoms with Crippen molar-refractivity contribution < 1.29 is 14.3 Å². The van der Waals surface area contributed by atoms with Crippen molar-refractivity contribution in [1.29, 1.82) is 0 Å². The molecule has 8 heteroatoms. The highest BCUT2D eigenvalue weighted by Crippen LogP contribution is 2.24. The van der Waals surface area contributed by atoms with Crippen LogP contribution in [-0.4, -0.2) is 51.6 Å². The molecule has 8 nitrogen and oxygen atoms in total. The Labute approximate surface area is 172 Å². The number of hydrogen-bond donors (Lipinski definition) is 3. The largest absolute Gasteiger partial charge is 0.467 e. The highest BCUT2D eigenvalue weighted by Gasteiger charge is 2.28. The molecule has 0 aliphatic heterocycles. The standard InChI is InChI=1S/C21H33N5O3/c1-14(2)12-26(15(9-22)13-27)19(28)17-11-24-20(21(3,4)5)25-18(17)23-10-16-7-6-8-29-16/h6-8,11,14-15,27H,9-10,12-13,22H2,1-5H3,(H,23,24,25)/t15-/m0/s1. The molecule has 2 heterocycles. The minimum Gasteiger partial charge on any atom is -0.467 e. The molecule has 0 aromatic carbocycles. The van der Waals surface area contributed by atoms with Gasteiger partial charge in [0.25, 0.3) is 5.91 Å². The maximum absolute atomic E-state index is 13.4. The number of hydrogen-bond acceptors (Lipinski definition) is 7. The van der Waals surface area contributed by atoms with Gasteiger partial charge in [0.2, 0.25) is 0 Å². The van der Waals surface area contributed by atoms with Gasteiger partial charge in [-0.1, -0.05) is 34.6 Å². The molecule has 1 atom stereocenters. The second-order valence-corrected chi connectivity index (χ2v) is 8.56. The Hall–Kier alpha value is -2.45. The fraction of sp³-hybridized carbons (Fsp3) is 0.571. The molecule has 2 rings (SSSR count). The molecule has 0 radical (unpaired) electrons. The van der Waals surface area contributed by atoms with E-state index in [4.69, 9.17) is 10.2 Å². The van der Waals surface area contributed by atoms with E-state index in [2.05, 4.69) is 15.3 Å². The summed E-state index contributed by atoms with van der Waals surface area (Å²) < 4.78 is 5.38. The average Bonchev–Trinajstić information content (AvgIpc) is 3.18. The maximum atomic E-state index is 13.4. The van der Waals surface area contributed by atoms with Crippen LogP contribution in [0.5, 0.6) is 0 Å². The van der Waals surface area contributed by atoms with E-state index in [1.54, 1.807) is 23.4 Å². The van der Waals surface area contributed by atoms with Gasteiger partial charge in [-0.25, -0.2) is 9.97 Å². The first-order chi connectivity index (χ1) is 13.7. The van der Waals surface area contributed by atoms with E-state index in [0.29, 0.717) is 30.3 Å². The van der Waals surface area contributed by atoms with Gasteiger partial charge < -0.3 is 25.5 Å². The van der Waals surface area contributed by atoms with Gasteiger partial charge in [-0.3, -0.25) is 4.79 Å². The Balaban J connectivity index is 2.42. The van der Waals surface area contributed by atoms with Crippen LogP contribution < -0.4 is 11.1 Å². The lowest BCUT2D eigenvalue weighted by Gasteiger charge is -2.32. The number of aliphatic hydroxyl groups is 1. The van der Waals surface area contributed by atoms with E-state index >= 15 is 0 Å². The van der Waals surface area contributed by atoms with Crippen molar-refractivity contribution in [3.63, 3.8) is 0 Å². The minimum absolute atomic E-state index is 0.172. The smallest absolute Gasteiger partial charge is 0.259 e. The summed E-state index contributed by atoms with van der Waals surface area (Å²) in [5.74, 6) is 1.76. The number of furan rings is 1. The Morgan fingerprint density at radius 2 is 2.10 bits per heavy atom. The quantitative estimate of drug-likeness (QED) is 0.588. The fourth-order valence-corrected chi connectivity index (χ4v) is 2.86. The monoisotopic (exact) mass is 403 g/mol. The summed E-state index contributed by atoms with van der Waals surface area (Å²) >= 11 is 0. The molecular formula is C21H33N5O3. The van der Waals surface area contributed by atoms with Gasteiger partial charge in [0, 0.05) is 24.7 Å². The van der Waals surface area contributed by atoms with Crippen LogP contribution in [0.2, 0.25) is 0 Å². The molecule has 0 aliphatic rings. The highest BCUT2D eigenvalue weighted by atomic mass is 16.3. The van der Waals surface area contributed by atoms with E-state index in [-0.39, 0.29) is 30.4 Å². The molecular weight excluding hydrogens is 370 g/mol. The molecule has 160 valence electrons. The second kappa shape index (κ2) is 9.84. The zero-order chi connectivity index (χ0) is 21.6. The molecule has 0 aliphatic carbocycles. The molecule has 0 fully saturated rings. The van der Waals surface area contributed by atoms with Crippen LogP contribution in [0.1, 0.15) is 56.6 Å². The average molecular weight is 404 g/mol. The molecule has 1 amide bonds. The Bertz CT molecular complexity index is 780. The van der Waals surface area contributed by atoms with E-state index in [1.165, 1.54) is 0 Å². The maximum Gasteiger partial charge on any atom is 0.259 e. The zero-order valence-corrected chi connectivity index (χ0v) is 18.0. The molecule has 4 N–H and O–H groups in total. The van der Waals surface area contributed by atoms with Gasteiger partial charge in [-0.05, 0) is 18.1 Å². The van der Waals surface area contributed by atoms with E-state index in [9.17, 15) is 9.90 Å². The van der Waals surface area contributed by atoms with Crippen molar-refractivity contribution >= 4 is 11.7 Å². The van der Waals surface area contributed by atoms with Crippen molar-refractivity contribution in [2.24, 2.45) is 11.7 Å². The molecule has 0 saturated heterocycles. The van der Waals surface area contributed by atoms with Crippen LogP contribution in [-0.2, 0) is 12.0 Å². The molecule has 0 spiro atoms. The summed E-state index contributed by atoms with van der Waals surface area (Å²) in [6.07, 6.45) is 3.15. The van der Waals surface area contributed by atoms with Crippen LogP contribution in [0, 0.1) is 5.92 Å². The van der Waals surface area contributed by atoms with Gasteiger partial charge in [-0.2, -0.15) is 0 Å². The Morgan fingerprint density at radius 1 is 1.38 bits per heavy atom. The van der Waals surface area contributed by atoms with Crippen molar-refractivity contribution in [3.05, 3.63) is 41.7 Å². The number of anilines is 1. The fourth-order valence-electron chi connectivity index (χ4n) is 2.86. The predicted octanol–water partition coefficient (Wildman–Crippen LogP) is 2.40. The lowest BCUT2D eigenvalue weighted by atomic mass is 9.95. The summed E-state index contributed by atoms with van der Waals surface area (Å²) in [6.45, 7) is 10.9. The van der Waals surface area contributed by atoms with Gasteiger partial charge in [0.1, 0.15) is 23.0 Å². The minimum atomic E-state index is -0.467. The summed E-state index contributed by atoms with van der Waals surface area (Å²) in [4.78, 5) is 24.1. The van der Waals surface area contributed by atoms with Crippen LogP contribution in [0.25, 0.3) is 0 Å². The first kappa shape index (κ1) is 22.8. The lowest BCUT2D eigenvalue weighted by Crippen LogP contribution is -2.48. The highest BCUT2D eigenvalue weighted by molar-refractivity contribution is 5.98. The first-order valence-electron chi connectivity index (χ1n) is 9.93. The van der Waals surface area contributed by atoms with E-state index in [0.717, 1.165) is 5.76 Å². The van der Waals surface area contributed by atoms with E-state index < -0.39 is 6.04 Å². The number of aromatic nitrogens is 2. The zero-order valence-electron chi connectivity index (χ0n) is 18.0. The van der Waals surface area contributed by atoms with Crippen LogP contribution in [0.4, 0.5) is 5.82 Å². The third-order valence-electron chi connectivity index (χ3n) is 4.45. The summed E-state index contributed by atoms with van der Waals surface area (Å²) in [6, 6.07) is 3.19. The van der Waals surface area contributed by atoms with Gasteiger partial charge in [0.05, 0.1) is 25.5 Å². The molecule has 2 aromatic heterocycles. The van der Waals surface area contributed by atoms with Crippen molar-refractivity contribution in [2.45, 2.75) is 52.6 Å². The van der Waals surface area contributed by atoms with Crippen LogP contribution in [0.3, 0.4) is 0 Å². The summed E-state index contributed by atoms with van der Waals surface area (Å²) in [7, 11) is 0. The topological polar surface area (TPSA) is 118 Å². The number of nitrogens with two attached hydrogens (primary N) is 1. The van der Waals surface area contributed by atoms with Crippen molar-refractivity contribution in [1.82, 2.24) is 14.9 Å². The second-order valence-electron chi connectivity index (χ2n) is 8.56. The normalized spacial score (nSPS) is 12.8. The molecule has 0 unspecified atom stereocenters. The summed E-state index contributed by atoms with van der Waals surface area (Å²) in [5, 5.41) is 12.9. The predicted molar refractivity (Wildman–Crippen MR) is 113 cm³/mol. The molecule has 0 saturated carbocycles. The number of aliphatic hydroxyl groups excluding tert-OH is 1. The van der Waals surface area contributed by atoms with Crippen LogP contribution in [0.15, 0.2) is 29.0 Å². The number of nitrogens with zero attached hydrogens (tertiary/aromatic N) is 3. The SMILES string of the molecule is CC(C)CN(C(=O)c1cnc(C(C)(C)C)nc1NCc1ccco1)[C@@H](CN)CO. The van der Waals surface area contributed by atoms with Gasteiger partial charge in [-0.15, -0.1) is 0 Å². The summed E-state index contributed by atoms with van der Waals surface area (Å²) in [5.41, 5.74) is 5.88. The number of rotatable bonds is 9. The third-order valence-corrected chi connectivity index (χ3v) is 4.45. The number of carbonyl (C=O) groups excluding carboxylic acids is 1. The lowest BCUT2D eigenvalue weighted by molar-refractivity contribution is 0.0573. The van der Waals surface area contributed by atoms with Crippen molar-refractivity contribution in [3.8, 4) is 0 Å². The first-order valence-corrected chi connectivity index (χ1v) is 9.93. The number of carbonyl (C=O) groups is 1. The molecule has 29 heavy (non-hydrogen) atoms. The van der Waals surface area contributed by atoms with Gasteiger partial charge >= 0.3 is 0 Å². The molecule has 0 bridgehead atoms. The van der Waals surface area contributed by atoms with Crippen molar-refractivity contribution in [2.75, 3.05) is 25.0 Å².